The van der Waals surface area contributed by atoms with Gasteiger partial charge in [-0.15, -0.1) is 0 Å². The van der Waals surface area contributed by atoms with Crippen LogP contribution in [0.5, 0.6) is 0 Å². The van der Waals surface area contributed by atoms with Crippen LogP contribution in [0.3, 0.4) is 0 Å². The smallest absolute Gasteiger partial charge is 0.255 e. The van der Waals surface area contributed by atoms with Crippen LogP contribution < -0.4 is 16.0 Å². The topological polar surface area (TPSA) is 87.3 Å². The van der Waals surface area contributed by atoms with Gasteiger partial charge in [0.05, 0.1) is 0 Å². The third-order valence-corrected chi connectivity index (χ3v) is 3.55. The van der Waals surface area contributed by atoms with Crippen LogP contribution in [0.15, 0.2) is 48.5 Å². The first-order valence-electron chi connectivity index (χ1n) is 7.65. The summed E-state index contributed by atoms with van der Waals surface area (Å²) < 4.78 is 0. The third-order valence-electron chi connectivity index (χ3n) is 3.30. The van der Waals surface area contributed by atoms with Crippen molar-refractivity contribution >= 4 is 35.0 Å². The Morgan fingerprint density at radius 1 is 0.800 bits per heavy atom. The van der Waals surface area contributed by atoms with Crippen LogP contribution in [0.2, 0.25) is 5.02 Å². The molecule has 0 aliphatic rings. The molecule has 0 spiro atoms. The predicted octanol–water partition coefficient (Wildman–Crippen LogP) is 2.46. The Hall–Kier alpha value is -2.86. The van der Waals surface area contributed by atoms with Gasteiger partial charge in [-0.1, -0.05) is 11.6 Å². The zero-order valence-corrected chi connectivity index (χ0v) is 14.4. The lowest BCUT2D eigenvalue weighted by Gasteiger charge is -2.08. The van der Waals surface area contributed by atoms with Gasteiger partial charge in [0.25, 0.3) is 11.8 Å². The molecule has 3 amide bonds. The van der Waals surface area contributed by atoms with E-state index in [4.69, 9.17) is 11.6 Å². The standard InChI is InChI=1S/C18H18ClN3O3/c1-12(23)20-10-11-21-17(24)13-4-8-16(9-5-13)22-18(25)14-2-6-15(19)7-3-14/h2-9H,10-11H2,1H3,(H,20,23)(H,21,24)(H,22,25). The largest absolute Gasteiger partial charge is 0.355 e. The summed E-state index contributed by atoms with van der Waals surface area (Å²) >= 11 is 5.79. The number of amides is 3. The summed E-state index contributed by atoms with van der Waals surface area (Å²) in [5, 5.41) is 8.59. The molecule has 0 atom stereocenters. The van der Waals surface area contributed by atoms with E-state index in [1.807, 2.05) is 0 Å². The average Bonchev–Trinajstić information content (AvgIpc) is 2.59. The van der Waals surface area contributed by atoms with Crippen molar-refractivity contribution in [2.24, 2.45) is 0 Å². The van der Waals surface area contributed by atoms with Gasteiger partial charge in [0.1, 0.15) is 0 Å². The van der Waals surface area contributed by atoms with Gasteiger partial charge in [-0.2, -0.15) is 0 Å². The van der Waals surface area contributed by atoms with Gasteiger partial charge in [0.15, 0.2) is 0 Å². The first kappa shape index (κ1) is 18.5. The Labute approximate surface area is 150 Å². The van der Waals surface area contributed by atoms with Crippen molar-refractivity contribution in [1.29, 1.82) is 0 Å². The molecule has 130 valence electrons. The summed E-state index contributed by atoms with van der Waals surface area (Å²) in [6.07, 6.45) is 0. The molecule has 0 saturated heterocycles. The fourth-order valence-corrected chi connectivity index (χ4v) is 2.15. The van der Waals surface area contributed by atoms with E-state index in [1.165, 1.54) is 6.92 Å². The van der Waals surface area contributed by atoms with E-state index in [2.05, 4.69) is 16.0 Å². The van der Waals surface area contributed by atoms with Gasteiger partial charge >= 0.3 is 0 Å². The fourth-order valence-electron chi connectivity index (χ4n) is 2.03. The number of rotatable bonds is 6. The van der Waals surface area contributed by atoms with Gasteiger partial charge in [-0.25, -0.2) is 0 Å². The Kier molecular flexibility index (Phi) is 6.54. The second kappa shape index (κ2) is 8.84. The number of hydrogen-bond acceptors (Lipinski definition) is 3. The van der Waals surface area contributed by atoms with Crippen LogP contribution in [0.25, 0.3) is 0 Å². The normalized spacial score (nSPS) is 10.0. The number of anilines is 1. The van der Waals surface area contributed by atoms with Crippen LogP contribution in [0.4, 0.5) is 5.69 Å². The molecule has 2 aromatic carbocycles. The molecular formula is C18H18ClN3O3. The number of halogens is 1. The van der Waals surface area contributed by atoms with E-state index in [9.17, 15) is 14.4 Å². The summed E-state index contributed by atoms with van der Waals surface area (Å²) in [5.74, 6) is -0.653. The van der Waals surface area contributed by atoms with E-state index in [0.29, 0.717) is 34.9 Å². The van der Waals surface area contributed by atoms with Gasteiger partial charge in [-0.05, 0) is 48.5 Å². The lowest BCUT2D eigenvalue weighted by atomic mass is 10.1. The monoisotopic (exact) mass is 359 g/mol. The molecule has 6 nitrogen and oxygen atoms in total. The van der Waals surface area contributed by atoms with Crippen LogP contribution in [0.1, 0.15) is 27.6 Å². The van der Waals surface area contributed by atoms with Crippen molar-refractivity contribution in [3.8, 4) is 0 Å². The molecule has 3 N–H and O–H groups in total. The number of hydrogen-bond donors (Lipinski definition) is 3. The summed E-state index contributed by atoms with van der Waals surface area (Å²) in [4.78, 5) is 34.8. The van der Waals surface area contributed by atoms with E-state index in [0.717, 1.165) is 0 Å². The van der Waals surface area contributed by atoms with E-state index in [-0.39, 0.29) is 17.7 Å². The lowest BCUT2D eigenvalue weighted by molar-refractivity contribution is -0.118. The molecule has 25 heavy (non-hydrogen) atoms. The molecule has 0 bridgehead atoms. The molecular weight excluding hydrogens is 342 g/mol. The molecule has 0 saturated carbocycles. The maximum absolute atomic E-state index is 12.1. The van der Waals surface area contributed by atoms with Crippen molar-refractivity contribution in [1.82, 2.24) is 10.6 Å². The van der Waals surface area contributed by atoms with Crippen molar-refractivity contribution in [3.05, 3.63) is 64.7 Å². The highest BCUT2D eigenvalue weighted by atomic mass is 35.5. The Morgan fingerprint density at radius 3 is 1.92 bits per heavy atom. The average molecular weight is 360 g/mol. The summed E-state index contributed by atoms with van der Waals surface area (Å²) in [7, 11) is 0. The summed E-state index contributed by atoms with van der Waals surface area (Å²) in [6, 6.07) is 13.1. The minimum atomic E-state index is -0.260. The molecule has 0 unspecified atom stereocenters. The van der Waals surface area contributed by atoms with Gasteiger partial charge < -0.3 is 16.0 Å². The Balaban J connectivity index is 1.88. The maximum atomic E-state index is 12.1. The Morgan fingerprint density at radius 2 is 1.32 bits per heavy atom. The fraction of sp³-hybridized carbons (Fsp3) is 0.167. The highest BCUT2D eigenvalue weighted by Crippen LogP contribution is 2.13. The minimum Gasteiger partial charge on any atom is -0.355 e. The first-order chi connectivity index (χ1) is 12.0. The van der Waals surface area contributed by atoms with E-state index < -0.39 is 0 Å². The molecule has 0 aliphatic heterocycles. The molecule has 0 radical (unpaired) electrons. The molecule has 2 aromatic rings. The van der Waals surface area contributed by atoms with Gasteiger partial charge in [-0.3, -0.25) is 14.4 Å². The SMILES string of the molecule is CC(=O)NCCNC(=O)c1ccc(NC(=O)c2ccc(Cl)cc2)cc1. The Bertz CT molecular complexity index is 758. The number of nitrogens with one attached hydrogen (secondary N) is 3. The van der Waals surface area contributed by atoms with Crippen LogP contribution in [0, 0.1) is 0 Å². The molecule has 0 aliphatic carbocycles. The molecule has 0 fully saturated rings. The summed E-state index contributed by atoms with van der Waals surface area (Å²) in [5.41, 5.74) is 1.53. The molecule has 7 heteroatoms. The van der Waals surface area contributed by atoms with Gasteiger partial charge in [0, 0.05) is 41.9 Å². The highest BCUT2D eigenvalue weighted by molar-refractivity contribution is 6.30. The van der Waals surface area contributed by atoms with Crippen LogP contribution >= 0.6 is 11.6 Å². The van der Waals surface area contributed by atoms with Crippen molar-refractivity contribution in [3.63, 3.8) is 0 Å². The first-order valence-corrected chi connectivity index (χ1v) is 8.03. The third kappa shape index (κ3) is 5.93. The number of carbonyl (C=O) groups excluding carboxylic acids is 3. The van der Waals surface area contributed by atoms with E-state index >= 15 is 0 Å². The predicted molar refractivity (Wildman–Crippen MR) is 96.9 cm³/mol. The van der Waals surface area contributed by atoms with Crippen molar-refractivity contribution < 1.29 is 14.4 Å². The second-order valence-corrected chi connectivity index (χ2v) is 5.71. The highest BCUT2D eigenvalue weighted by Gasteiger charge is 2.08. The molecule has 0 aromatic heterocycles. The van der Waals surface area contributed by atoms with E-state index in [1.54, 1.807) is 48.5 Å². The number of benzene rings is 2. The van der Waals surface area contributed by atoms with Crippen LogP contribution in [-0.4, -0.2) is 30.8 Å². The van der Waals surface area contributed by atoms with Crippen molar-refractivity contribution in [2.45, 2.75) is 6.92 Å². The zero-order chi connectivity index (χ0) is 18.2. The van der Waals surface area contributed by atoms with Crippen molar-refractivity contribution in [2.75, 3.05) is 18.4 Å². The maximum Gasteiger partial charge on any atom is 0.255 e. The lowest BCUT2D eigenvalue weighted by Crippen LogP contribution is -2.33. The number of carbonyl (C=O) groups is 3. The minimum absolute atomic E-state index is 0.143. The quantitative estimate of drug-likeness (QED) is 0.692. The second-order valence-electron chi connectivity index (χ2n) is 5.28. The zero-order valence-electron chi connectivity index (χ0n) is 13.6. The van der Waals surface area contributed by atoms with Crippen LogP contribution in [-0.2, 0) is 4.79 Å². The van der Waals surface area contributed by atoms with Gasteiger partial charge in [0.2, 0.25) is 5.91 Å². The molecule has 2 rings (SSSR count). The molecule has 0 heterocycles. The summed E-state index contributed by atoms with van der Waals surface area (Å²) in [6.45, 7) is 2.13.